The molecule has 0 bridgehead atoms. The quantitative estimate of drug-likeness (QED) is 0.514. The standard InChI is InChI=1S/C6H11N3O2/c1-2-3-9(6(8)11)4-5(7)10/h2H,1,3-4H2,(H2,7,10)(H2,8,11). The van der Waals surface area contributed by atoms with E-state index < -0.39 is 11.9 Å². The molecule has 4 N–H and O–H groups in total. The topological polar surface area (TPSA) is 89.4 Å². The zero-order valence-corrected chi connectivity index (χ0v) is 6.12. The van der Waals surface area contributed by atoms with Gasteiger partial charge < -0.3 is 16.4 Å². The third-order valence-corrected chi connectivity index (χ3v) is 1.01. The lowest BCUT2D eigenvalue weighted by Gasteiger charge is -2.15. The molecule has 0 aromatic rings. The Labute approximate surface area is 64.6 Å². The number of hydrogen-bond donors (Lipinski definition) is 2. The van der Waals surface area contributed by atoms with Crippen LogP contribution >= 0.6 is 0 Å². The Bertz CT molecular complexity index is 179. The Morgan fingerprint density at radius 3 is 2.27 bits per heavy atom. The minimum absolute atomic E-state index is 0.165. The third-order valence-electron chi connectivity index (χ3n) is 1.01. The molecule has 0 aromatic heterocycles. The van der Waals surface area contributed by atoms with Gasteiger partial charge in [0.25, 0.3) is 0 Å². The molecule has 0 aromatic carbocycles. The summed E-state index contributed by atoms with van der Waals surface area (Å²) in [6.07, 6.45) is 1.47. The zero-order valence-electron chi connectivity index (χ0n) is 6.12. The molecule has 0 saturated heterocycles. The Balaban J connectivity index is 3.99. The Morgan fingerprint density at radius 1 is 1.45 bits per heavy atom. The average Bonchev–Trinajstić information content (AvgIpc) is 1.86. The first-order valence-electron chi connectivity index (χ1n) is 3.01. The second-order valence-corrected chi connectivity index (χ2v) is 1.97. The second kappa shape index (κ2) is 4.32. The Kier molecular flexibility index (Phi) is 3.72. The number of urea groups is 1. The van der Waals surface area contributed by atoms with Crippen LogP contribution in [0.2, 0.25) is 0 Å². The summed E-state index contributed by atoms with van der Waals surface area (Å²) in [6, 6.07) is -0.677. The van der Waals surface area contributed by atoms with Crippen molar-refractivity contribution >= 4 is 11.9 Å². The SMILES string of the molecule is C=CCN(CC(N)=O)C(N)=O. The number of primary amides is 2. The summed E-state index contributed by atoms with van der Waals surface area (Å²) in [5.74, 6) is -0.592. The van der Waals surface area contributed by atoms with E-state index in [4.69, 9.17) is 11.5 Å². The second-order valence-electron chi connectivity index (χ2n) is 1.97. The first-order chi connectivity index (χ1) is 5.07. The van der Waals surface area contributed by atoms with E-state index in [2.05, 4.69) is 6.58 Å². The van der Waals surface area contributed by atoms with Gasteiger partial charge in [-0.1, -0.05) is 6.08 Å². The molecule has 3 amide bonds. The molecule has 0 aliphatic carbocycles. The van der Waals surface area contributed by atoms with Crippen molar-refractivity contribution in [1.29, 1.82) is 0 Å². The lowest BCUT2D eigenvalue weighted by atomic mass is 10.5. The van der Waals surface area contributed by atoms with E-state index in [1.165, 1.54) is 6.08 Å². The molecule has 62 valence electrons. The molecule has 0 saturated carbocycles. The van der Waals surface area contributed by atoms with Crippen molar-refractivity contribution in [3.05, 3.63) is 12.7 Å². The zero-order chi connectivity index (χ0) is 8.85. The highest BCUT2D eigenvalue weighted by atomic mass is 16.2. The largest absolute Gasteiger partial charge is 0.368 e. The Morgan fingerprint density at radius 2 is 2.00 bits per heavy atom. The first kappa shape index (κ1) is 9.48. The molecule has 5 heteroatoms. The van der Waals surface area contributed by atoms with Gasteiger partial charge in [-0.15, -0.1) is 6.58 Å². The van der Waals surface area contributed by atoms with Crippen molar-refractivity contribution in [3.8, 4) is 0 Å². The van der Waals surface area contributed by atoms with Crippen LogP contribution in [0.1, 0.15) is 0 Å². The summed E-state index contributed by atoms with van der Waals surface area (Å²) < 4.78 is 0. The monoisotopic (exact) mass is 157 g/mol. The van der Waals surface area contributed by atoms with Crippen LogP contribution in [-0.2, 0) is 4.79 Å². The average molecular weight is 157 g/mol. The number of carbonyl (C=O) groups excluding carboxylic acids is 2. The number of amides is 3. The minimum Gasteiger partial charge on any atom is -0.368 e. The van der Waals surface area contributed by atoms with Crippen LogP contribution in [0.4, 0.5) is 4.79 Å². The van der Waals surface area contributed by atoms with Crippen LogP contribution in [0.25, 0.3) is 0 Å². The van der Waals surface area contributed by atoms with E-state index >= 15 is 0 Å². The van der Waals surface area contributed by atoms with Crippen LogP contribution in [0, 0.1) is 0 Å². The van der Waals surface area contributed by atoms with E-state index in [1.54, 1.807) is 0 Å². The van der Waals surface area contributed by atoms with Gasteiger partial charge in [-0.3, -0.25) is 4.79 Å². The summed E-state index contributed by atoms with van der Waals surface area (Å²) in [5.41, 5.74) is 9.74. The first-order valence-corrected chi connectivity index (χ1v) is 3.01. The third kappa shape index (κ3) is 3.96. The Hall–Kier alpha value is -1.52. The fourth-order valence-electron chi connectivity index (χ4n) is 0.576. The molecule has 0 rings (SSSR count). The maximum atomic E-state index is 10.5. The molecule has 11 heavy (non-hydrogen) atoms. The summed E-state index contributed by atoms with van der Waals surface area (Å²) in [7, 11) is 0. The van der Waals surface area contributed by atoms with Gasteiger partial charge in [-0.25, -0.2) is 4.79 Å². The molecule has 0 atom stereocenters. The van der Waals surface area contributed by atoms with Gasteiger partial charge in [0.05, 0.1) is 0 Å². The highest BCUT2D eigenvalue weighted by molar-refractivity contribution is 5.82. The van der Waals surface area contributed by atoms with Crippen LogP contribution in [-0.4, -0.2) is 29.9 Å². The fraction of sp³-hybridized carbons (Fsp3) is 0.333. The smallest absolute Gasteiger partial charge is 0.315 e. The van der Waals surface area contributed by atoms with Crippen molar-refractivity contribution in [2.24, 2.45) is 11.5 Å². The normalized spacial score (nSPS) is 8.73. The van der Waals surface area contributed by atoms with Gasteiger partial charge in [0, 0.05) is 6.54 Å². The van der Waals surface area contributed by atoms with Gasteiger partial charge in [-0.2, -0.15) is 0 Å². The highest BCUT2D eigenvalue weighted by Crippen LogP contribution is 1.86. The molecular weight excluding hydrogens is 146 g/mol. The molecule has 0 radical (unpaired) electrons. The van der Waals surface area contributed by atoms with E-state index in [0.29, 0.717) is 0 Å². The minimum atomic E-state index is -0.677. The number of nitrogens with two attached hydrogens (primary N) is 2. The van der Waals surface area contributed by atoms with Crippen LogP contribution in [0.3, 0.4) is 0 Å². The number of nitrogens with zero attached hydrogens (tertiary/aromatic N) is 1. The predicted octanol–water partition coefficient (Wildman–Crippen LogP) is -0.962. The lowest BCUT2D eigenvalue weighted by molar-refractivity contribution is -0.118. The molecule has 0 aliphatic rings. The molecule has 0 heterocycles. The summed E-state index contributed by atoms with van der Waals surface area (Å²) in [5, 5.41) is 0. The van der Waals surface area contributed by atoms with E-state index in [0.717, 1.165) is 4.90 Å². The lowest BCUT2D eigenvalue weighted by Crippen LogP contribution is -2.41. The van der Waals surface area contributed by atoms with Gasteiger partial charge >= 0.3 is 6.03 Å². The molecule has 5 nitrogen and oxygen atoms in total. The van der Waals surface area contributed by atoms with Crippen LogP contribution < -0.4 is 11.5 Å². The summed E-state index contributed by atoms with van der Waals surface area (Å²) in [4.78, 5) is 21.9. The van der Waals surface area contributed by atoms with E-state index in [1.807, 2.05) is 0 Å². The van der Waals surface area contributed by atoms with Crippen molar-refractivity contribution in [2.75, 3.05) is 13.1 Å². The van der Waals surface area contributed by atoms with E-state index in [-0.39, 0.29) is 13.1 Å². The number of hydrogen-bond acceptors (Lipinski definition) is 2. The van der Waals surface area contributed by atoms with Gasteiger partial charge in [0.1, 0.15) is 6.54 Å². The maximum absolute atomic E-state index is 10.5. The molecule has 0 spiro atoms. The van der Waals surface area contributed by atoms with Crippen molar-refractivity contribution < 1.29 is 9.59 Å². The summed E-state index contributed by atoms with van der Waals surface area (Å²) in [6.45, 7) is 3.46. The molecular formula is C6H11N3O2. The highest BCUT2D eigenvalue weighted by Gasteiger charge is 2.09. The van der Waals surface area contributed by atoms with Crippen molar-refractivity contribution in [1.82, 2.24) is 4.90 Å². The van der Waals surface area contributed by atoms with E-state index in [9.17, 15) is 9.59 Å². The van der Waals surface area contributed by atoms with Gasteiger partial charge in [0.15, 0.2) is 0 Å². The van der Waals surface area contributed by atoms with Crippen LogP contribution in [0.5, 0.6) is 0 Å². The van der Waals surface area contributed by atoms with Crippen LogP contribution in [0.15, 0.2) is 12.7 Å². The predicted molar refractivity (Wildman–Crippen MR) is 40.5 cm³/mol. The van der Waals surface area contributed by atoms with Crippen molar-refractivity contribution in [3.63, 3.8) is 0 Å². The maximum Gasteiger partial charge on any atom is 0.315 e. The number of carbonyl (C=O) groups is 2. The molecule has 0 unspecified atom stereocenters. The fourth-order valence-corrected chi connectivity index (χ4v) is 0.576. The number of rotatable bonds is 4. The van der Waals surface area contributed by atoms with Gasteiger partial charge in [-0.05, 0) is 0 Å². The van der Waals surface area contributed by atoms with Gasteiger partial charge in [0.2, 0.25) is 5.91 Å². The molecule has 0 aliphatic heterocycles. The van der Waals surface area contributed by atoms with Crippen molar-refractivity contribution in [2.45, 2.75) is 0 Å². The molecule has 0 fully saturated rings. The summed E-state index contributed by atoms with van der Waals surface area (Å²) >= 11 is 0.